The van der Waals surface area contributed by atoms with Crippen LogP contribution in [0.4, 0.5) is 0 Å². The summed E-state index contributed by atoms with van der Waals surface area (Å²) in [5.41, 5.74) is 4.21. The summed E-state index contributed by atoms with van der Waals surface area (Å²) >= 11 is 0. The topological polar surface area (TPSA) is 162 Å². The highest BCUT2D eigenvalue weighted by atomic mass is 16.4. The van der Waals surface area contributed by atoms with Gasteiger partial charge in [0, 0.05) is 25.6 Å². The Balaban J connectivity index is 5.60. The first-order chi connectivity index (χ1) is 16.1. The number of aliphatic carboxylic acids is 1. The van der Waals surface area contributed by atoms with Crippen molar-refractivity contribution in [2.45, 2.75) is 86.2 Å². The third-order valence-electron chi connectivity index (χ3n) is 6.36. The lowest BCUT2D eigenvalue weighted by molar-refractivity contribution is -0.169. The predicted octanol–water partition coefficient (Wildman–Crippen LogP) is 1.12. The summed E-state index contributed by atoms with van der Waals surface area (Å²) in [6.07, 6.45) is 1.51. The molecular formula is C24H45N5O6. The lowest BCUT2D eigenvalue weighted by Gasteiger charge is -2.39. The van der Waals surface area contributed by atoms with Gasteiger partial charge in [0.1, 0.15) is 6.04 Å². The van der Waals surface area contributed by atoms with E-state index < -0.39 is 29.3 Å². The molecule has 0 fully saturated rings. The Morgan fingerprint density at radius 1 is 0.971 bits per heavy atom. The van der Waals surface area contributed by atoms with Crippen LogP contribution >= 0.6 is 0 Å². The number of carbonyl (C=O) groups excluding carboxylic acids is 4. The van der Waals surface area contributed by atoms with Crippen molar-refractivity contribution in [3.8, 4) is 0 Å². The maximum atomic E-state index is 13.5. The van der Waals surface area contributed by atoms with E-state index in [1.165, 1.54) is 17.1 Å². The molecule has 0 aliphatic heterocycles. The highest BCUT2D eigenvalue weighted by molar-refractivity contribution is 5.91. The fraction of sp³-hybridized carbons (Fsp3) is 0.792. The fourth-order valence-corrected chi connectivity index (χ4v) is 3.32. The molecule has 0 saturated carbocycles. The van der Waals surface area contributed by atoms with E-state index in [1.54, 1.807) is 27.7 Å². The number of nitrogens with one attached hydrogen (secondary N) is 2. The highest BCUT2D eigenvalue weighted by Gasteiger charge is 2.41. The van der Waals surface area contributed by atoms with Crippen LogP contribution in [-0.4, -0.2) is 76.9 Å². The maximum Gasteiger partial charge on any atom is 0.326 e. The number of nitrogens with two attached hydrogens (primary N) is 1. The van der Waals surface area contributed by atoms with E-state index in [4.69, 9.17) is 5.73 Å². The molecule has 5 N–H and O–H groups in total. The third-order valence-corrected chi connectivity index (χ3v) is 6.36. The molecule has 0 spiro atoms. The van der Waals surface area contributed by atoms with E-state index in [9.17, 15) is 29.1 Å². The van der Waals surface area contributed by atoms with E-state index in [0.29, 0.717) is 19.3 Å². The zero-order chi connectivity index (χ0) is 27.5. The summed E-state index contributed by atoms with van der Waals surface area (Å²) in [5.74, 6) is -3.63. The Hall–Kier alpha value is -2.69. The molecule has 11 nitrogen and oxygen atoms in total. The highest BCUT2D eigenvalue weighted by Crippen LogP contribution is 2.29. The van der Waals surface area contributed by atoms with Crippen LogP contribution < -0.4 is 16.4 Å². The van der Waals surface area contributed by atoms with Crippen LogP contribution in [0.2, 0.25) is 0 Å². The van der Waals surface area contributed by atoms with Crippen LogP contribution in [0.15, 0.2) is 0 Å². The number of amides is 4. The Morgan fingerprint density at radius 3 is 2.00 bits per heavy atom. The van der Waals surface area contributed by atoms with Gasteiger partial charge >= 0.3 is 5.97 Å². The van der Waals surface area contributed by atoms with Gasteiger partial charge in [-0.25, -0.2) is 4.79 Å². The number of carboxylic acids is 1. The number of nitrogens with zero attached hydrogens (tertiary/aromatic N) is 2. The molecule has 0 aromatic heterocycles. The van der Waals surface area contributed by atoms with E-state index in [0.717, 1.165) is 0 Å². The molecule has 202 valence electrons. The van der Waals surface area contributed by atoms with Crippen LogP contribution in [0.25, 0.3) is 0 Å². The Bertz CT molecular complexity index is 755. The predicted molar refractivity (Wildman–Crippen MR) is 133 cm³/mol. The van der Waals surface area contributed by atoms with Gasteiger partial charge in [-0.1, -0.05) is 34.6 Å². The number of rotatable bonds is 14. The van der Waals surface area contributed by atoms with Gasteiger partial charge in [0.05, 0.1) is 17.9 Å². The second-order valence-electron chi connectivity index (χ2n) is 9.86. The number of carboxylic acid groups (broad SMARTS) is 1. The summed E-state index contributed by atoms with van der Waals surface area (Å²) in [6.45, 7) is 12.2. The molecule has 0 heterocycles. The van der Waals surface area contributed by atoms with Crippen LogP contribution in [0, 0.1) is 17.3 Å². The van der Waals surface area contributed by atoms with Crippen molar-refractivity contribution in [3.63, 3.8) is 0 Å². The van der Waals surface area contributed by atoms with Crippen molar-refractivity contribution < 1.29 is 29.1 Å². The first kappa shape index (κ1) is 32.3. The zero-order valence-electron chi connectivity index (χ0n) is 22.5. The Kier molecular flexibility index (Phi) is 13.5. The van der Waals surface area contributed by atoms with Gasteiger partial charge in [0.2, 0.25) is 23.6 Å². The summed E-state index contributed by atoms with van der Waals surface area (Å²) in [5, 5.41) is 17.2. The second kappa shape index (κ2) is 14.7. The molecule has 0 radical (unpaired) electrons. The minimum atomic E-state index is -1.17. The van der Waals surface area contributed by atoms with Crippen molar-refractivity contribution in [2.24, 2.45) is 23.0 Å². The molecule has 0 aliphatic rings. The zero-order valence-corrected chi connectivity index (χ0v) is 22.5. The molecular weight excluding hydrogens is 454 g/mol. The van der Waals surface area contributed by atoms with E-state index in [-0.39, 0.29) is 49.2 Å². The molecule has 3 unspecified atom stereocenters. The van der Waals surface area contributed by atoms with Crippen LogP contribution in [0.5, 0.6) is 0 Å². The molecule has 0 aromatic carbocycles. The summed E-state index contributed by atoms with van der Waals surface area (Å²) in [4.78, 5) is 62.1. The molecule has 0 aliphatic carbocycles. The number of unbranched alkanes of at least 4 members (excludes halogenated alkanes) is 1. The van der Waals surface area contributed by atoms with Gasteiger partial charge in [-0.15, -0.1) is 0 Å². The number of hydrazine groups is 1. The summed E-state index contributed by atoms with van der Waals surface area (Å²) < 4.78 is 0. The van der Waals surface area contributed by atoms with Gasteiger partial charge in [0.15, 0.2) is 0 Å². The van der Waals surface area contributed by atoms with Gasteiger partial charge in [-0.3, -0.25) is 29.2 Å². The first-order valence-corrected chi connectivity index (χ1v) is 12.2. The minimum absolute atomic E-state index is 0.0863. The monoisotopic (exact) mass is 499 g/mol. The van der Waals surface area contributed by atoms with E-state index in [2.05, 4.69) is 10.6 Å². The molecule has 0 saturated heterocycles. The standard InChI is InChI=1S/C24H45N5O6/c1-9-16(4)20(31)28(8)29(13-11-10-12-18(22(33)34)27-19(30)14-25)21(32)17(5)24(6,7)23(35)26-15(2)3/h15-18H,9-14,25H2,1-8H3,(H,26,35)(H,27,30)(H,33,34). The smallest absolute Gasteiger partial charge is 0.326 e. The van der Waals surface area contributed by atoms with Crippen molar-refractivity contribution >= 4 is 29.6 Å². The summed E-state index contributed by atoms with van der Waals surface area (Å²) in [7, 11) is 1.53. The maximum absolute atomic E-state index is 13.5. The number of hydrogen-bond donors (Lipinski definition) is 4. The molecule has 3 atom stereocenters. The van der Waals surface area contributed by atoms with Crippen molar-refractivity contribution in [1.29, 1.82) is 0 Å². The Labute approximate surface area is 209 Å². The van der Waals surface area contributed by atoms with Crippen LogP contribution in [-0.2, 0) is 24.0 Å². The lowest BCUT2D eigenvalue weighted by atomic mass is 9.78. The minimum Gasteiger partial charge on any atom is -0.480 e. The molecule has 35 heavy (non-hydrogen) atoms. The van der Waals surface area contributed by atoms with Gasteiger partial charge < -0.3 is 21.5 Å². The number of carbonyl (C=O) groups is 5. The summed E-state index contributed by atoms with van der Waals surface area (Å²) in [6, 6.07) is -1.18. The quantitative estimate of drug-likeness (QED) is 0.206. The van der Waals surface area contributed by atoms with Crippen LogP contribution in [0.1, 0.15) is 74.1 Å². The van der Waals surface area contributed by atoms with Crippen molar-refractivity contribution in [1.82, 2.24) is 20.7 Å². The van der Waals surface area contributed by atoms with Gasteiger partial charge in [-0.2, -0.15) is 0 Å². The average Bonchev–Trinajstić information content (AvgIpc) is 2.79. The fourth-order valence-electron chi connectivity index (χ4n) is 3.32. The third kappa shape index (κ3) is 9.83. The second-order valence-corrected chi connectivity index (χ2v) is 9.86. The number of hydrogen-bond acceptors (Lipinski definition) is 6. The average molecular weight is 500 g/mol. The SMILES string of the molecule is CCC(C)C(=O)N(C)N(CCCCC(NC(=O)CN)C(=O)O)C(=O)C(C)C(C)(C)C(=O)NC(C)C. The largest absolute Gasteiger partial charge is 0.480 e. The van der Waals surface area contributed by atoms with Gasteiger partial charge in [0.25, 0.3) is 0 Å². The first-order valence-electron chi connectivity index (χ1n) is 12.2. The Morgan fingerprint density at radius 2 is 1.54 bits per heavy atom. The lowest BCUT2D eigenvalue weighted by Crippen LogP contribution is -2.55. The van der Waals surface area contributed by atoms with E-state index in [1.807, 2.05) is 20.8 Å². The normalized spacial score (nSPS) is 14.0. The van der Waals surface area contributed by atoms with Crippen molar-refractivity contribution in [3.05, 3.63) is 0 Å². The van der Waals surface area contributed by atoms with Gasteiger partial charge in [-0.05, 0) is 39.5 Å². The molecule has 11 heteroatoms. The molecule has 4 amide bonds. The molecule has 0 bridgehead atoms. The van der Waals surface area contributed by atoms with Crippen LogP contribution in [0.3, 0.4) is 0 Å². The van der Waals surface area contributed by atoms with E-state index >= 15 is 0 Å². The molecule has 0 aromatic rings. The van der Waals surface area contributed by atoms with Crippen molar-refractivity contribution in [2.75, 3.05) is 20.1 Å². The molecule has 0 rings (SSSR count).